The lowest BCUT2D eigenvalue weighted by molar-refractivity contribution is -0.112. The van der Waals surface area contributed by atoms with Crippen LogP contribution < -0.4 is 0 Å². The summed E-state index contributed by atoms with van der Waals surface area (Å²) in [7, 11) is 0. The number of ketones is 1. The van der Waals surface area contributed by atoms with Crippen LogP contribution in [0.1, 0.15) is 13.8 Å². The van der Waals surface area contributed by atoms with Gasteiger partial charge in [0.15, 0.2) is 5.78 Å². The van der Waals surface area contributed by atoms with E-state index >= 15 is 0 Å². The van der Waals surface area contributed by atoms with Gasteiger partial charge in [-0.05, 0) is 17.7 Å². The van der Waals surface area contributed by atoms with Crippen LogP contribution in [0.25, 0.3) is 0 Å². The second-order valence-corrected chi connectivity index (χ2v) is 3.61. The molecule has 10 heavy (non-hydrogen) atoms. The van der Waals surface area contributed by atoms with Gasteiger partial charge in [-0.1, -0.05) is 20.4 Å². The molecule has 0 saturated heterocycles. The van der Waals surface area contributed by atoms with Crippen molar-refractivity contribution in [2.75, 3.05) is 11.5 Å². The molecule has 0 rings (SSSR count). The molecule has 0 aromatic carbocycles. The van der Waals surface area contributed by atoms with Crippen LogP contribution in [-0.2, 0) is 4.79 Å². The van der Waals surface area contributed by atoms with Crippen molar-refractivity contribution in [3.63, 3.8) is 0 Å². The molecule has 0 unspecified atom stereocenters. The molecule has 58 valence electrons. The van der Waals surface area contributed by atoms with Crippen LogP contribution in [0.5, 0.6) is 0 Å². The first-order valence-electron chi connectivity index (χ1n) is 3.39. The van der Waals surface area contributed by atoms with Gasteiger partial charge in [-0.2, -0.15) is 11.8 Å². The molecular weight excluding hydrogens is 144 g/mol. The van der Waals surface area contributed by atoms with E-state index in [9.17, 15) is 4.79 Å². The highest BCUT2D eigenvalue weighted by molar-refractivity contribution is 7.99. The van der Waals surface area contributed by atoms with Crippen molar-refractivity contribution in [3.8, 4) is 0 Å². The summed E-state index contributed by atoms with van der Waals surface area (Å²) in [6.45, 7) is 7.68. The number of carbonyl (C=O) groups excluding carboxylic acids is 1. The van der Waals surface area contributed by atoms with Crippen molar-refractivity contribution in [2.24, 2.45) is 5.92 Å². The van der Waals surface area contributed by atoms with E-state index in [4.69, 9.17) is 0 Å². The molecule has 0 saturated carbocycles. The van der Waals surface area contributed by atoms with Gasteiger partial charge in [0, 0.05) is 0 Å². The van der Waals surface area contributed by atoms with Crippen LogP contribution in [0.2, 0.25) is 0 Å². The van der Waals surface area contributed by atoms with Gasteiger partial charge in [0.1, 0.15) is 0 Å². The van der Waals surface area contributed by atoms with E-state index in [1.165, 1.54) is 6.08 Å². The monoisotopic (exact) mass is 158 g/mol. The fraction of sp³-hybridized carbons (Fsp3) is 0.625. The van der Waals surface area contributed by atoms with E-state index in [0.717, 1.165) is 5.75 Å². The van der Waals surface area contributed by atoms with Crippen molar-refractivity contribution >= 4 is 17.5 Å². The normalized spacial score (nSPS) is 9.90. The number of hydrogen-bond acceptors (Lipinski definition) is 2. The van der Waals surface area contributed by atoms with Gasteiger partial charge in [-0.15, -0.1) is 0 Å². The van der Waals surface area contributed by atoms with Crippen molar-refractivity contribution in [2.45, 2.75) is 13.8 Å². The number of rotatable bonds is 5. The van der Waals surface area contributed by atoms with Crippen LogP contribution in [0.3, 0.4) is 0 Å². The predicted octanol–water partition coefficient (Wildman–Crippen LogP) is 2.13. The van der Waals surface area contributed by atoms with Gasteiger partial charge < -0.3 is 0 Å². The van der Waals surface area contributed by atoms with Gasteiger partial charge in [-0.3, -0.25) is 4.79 Å². The molecule has 0 bridgehead atoms. The average Bonchev–Trinajstić information content (AvgIpc) is 1.87. The van der Waals surface area contributed by atoms with E-state index in [1.807, 2.05) is 0 Å². The summed E-state index contributed by atoms with van der Waals surface area (Å²) < 4.78 is 0. The molecule has 0 heterocycles. The Bertz CT molecular complexity index is 118. The minimum Gasteiger partial charge on any atom is -0.294 e. The number of hydrogen-bond donors (Lipinski definition) is 0. The molecule has 0 spiro atoms. The standard InChI is InChI=1S/C8H14OS/c1-4-8(9)6-10-5-7(2)3/h4,7H,1,5-6H2,2-3H3. The summed E-state index contributed by atoms with van der Waals surface area (Å²) in [4.78, 5) is 10.7. The highest BCUT2D eigenvalue weighted by Crippen LogP contribution is 2.06. The lowest BCUT2D eigenvalue weighted by atomic mass is 10.3. The van der Waals surface area contributed by atoms with E-state index in [0.29, 0.717) is 11.7 Å². The molecule has 0 N–H and O–H groups in total. The molecule has 0 amide bonds. The van der Waals surface area contributed by atoms with Crippen LogP contribution in [-0.4, -0.2) is 17.3 Å². The van der Waals surface area contributed by atoms with Gasteiger partial charge in [0.2, 0.25) is 0 Å². The van der Waals surface area contributed by atoms with Crippen molar-refractivity contribution < 1.29 is 4.79 Å². The highest BCUT2D eigenvalue weighted by atomic mass is 32.2. The third-order valence-corrected chi connectivity index (χ3v) is 2.31. The zero-order chi connectivity index (χ0) is 7.98. The van der Waals surface area contributed by atoms with Crippen LogP contribution in [0.15, 0.2) is 12.7 Å². The molecular formula is C8H14OS. The molecule has 0 fully saturated rings. The quantitative estimate of drug-likeness (QED) is 0.570. The Labute approximate surface area is 66.9 Å². The minimum atomic E-state index is 0.130. The minimum absolute atomic E-state index is 0.130. The lowest BCUT2D eigenvalue weighted by Gasteiger charge is -2.00. The van der Waals surface area contributed by atoms with Crippen molar-refractivity contribution in [3.05, 3.63) is 12.7 Å². The first-order valence-corrected chi connectivity index (χ1v) is 4.55. The average molecular weight is 158 g/mol. The maximum atomic E-state index is 10.7. The molecule has 0 radical (unpaired) electrons. The SMILES string of the molecule is C=CC(=O)CSCC(C)C. The summed E-state index contributed by atoms with van der Waals surface area (Å²) in [5.74, 6) is 2.44. The number of allylic oxidation sites excluding steroid dienone is 1. The third kappa shape index (κ3) is 5.89. The Morgan fingerprint density at radius 1 is 1.70 bits per heavy atom. The number of carbonyl (C=O) groups is 1. The summed E-state index contributed by atoms with van der Waals surface area (Å²) >= 11 is 1.67. The van der Waals surface area contributed by atoms with Gasteiger partial charge in [0.05, 0.1) is 5.75 Å². The summed E-state index contributed by atoms with van der Waals surface area (Å²) in [6.07, 6.45) is 1.38. The summed E-state index contributed by atoms with van der Waals surface area (Å²) in [5, 5.41) is 0. The van der Waals surface area contributed by atoms with Gasteiger partial charge >= 0.3 is 0 Å². The zero-order valence-electron chi connectivity index (χ0n) is 6.59. The molecule has 0 aromatic heterocycles. The van der Waals surface area contributed by atoms with E-state index in [-0.39, 0.29) is 5.78 Å². The molecule has 1 nitrogen and oxygen atoms in total. The molecule has 0 aliphatic rings. The molecule has 0 aliphatic carbocycles. The Balaban J connectivity index is 3.19. The lowest BCUT2D eigenvalue weighted by Crippen LogP contribution is -1.99. The maximum Gasteiger partial charge on any atom is 0.164 e. The molecule has 0 aromatic rings. The van der Waals surface area contributed by atoms with Crippen LogP contribution in [0.4, 0.5) is 0 Å². The topological polar surface area (TPSA) is 17.1 Å². The second kappa shape index (κ2) is 5.54. The molecule has 0 aliphatic heterocycles. The Kier molecular flexibility index (Phi) is 5.40. The van der Waals surface area contributed by atoms with E-state index in [2.05, 4.69) is 20.4 Å². The Morgan fingerprint density at radius 2 is 2.30 bits per heavy atom. The van der Waals surface area contributed by atoms with Crippen molar-refractivity contribution in [1.29, 1.82) is 0 Å². The summed E-state index contributed by atoms with van der Waals surface area (Å²) in [5.41, 5.74) is 0. The zero-order valence-corrected chi connectivity index (χ0v) is 7.41. The van der Waals surface area contributed by atoms with E-state index < -0.39 is 0 Å². The fourth-order valence-corrected chi connectivity index (χ4v) is 1.36. The first kappa shape index (κ1) is 9.76. The van der Waals surface area contributed by atoms with Crippen molar-refractivity contribution in [1.82, 2.24) is 0 Å². The van der Waals surface area contributed by atoms with Crippen LogP contribution in [0, 0.1) is 5.92 Å². The number of thioether (sulfide) groups is 1. The predicted molar refractivity (Wildman–Crippen MR) is 47.4 cm³/mol. The van der Waals surface area contributed by atoms with Gasteiger partial charge in [-0.25, -0.2) is 0 Å². The fourth-order valence-electron chi connectivity index (χ4n) is 0.454. The second-order valence-electron chi connectivity index (χ2n) is 2.58. The molecule has 2 heteroatoms. The summed E-state index contributed by atoms with van der Waals surface area (Å²) in [6, 6.07) is 0. The highest BCUT2D eigenvalue weighted by Gasteiger charge is 1.97. The third-order valence-electron chi connectivity index (χ3n) is 0.923. The van der Waals surface area contributed by atoms with E-state index in [1.54, 1.807) is 11.8 Å². The first-order chi connectivity index (χ1) is 4.66. The van der Waals surface area contributed by atoms with Crippen LogP contribution >= 0.6 is 11.8 Å². The van der Waals surface area contributed by atoms with Gasteiger partial charge in [0.25, 0.3) is 0 Å². The molecule has 0 atom stereocenters. The maximum absolute atomic E-state index is 10.7. The Morgan fingerprint density at radius 3 is 2.70 bits per heavy atom. The smallest absolute Gasteiger partial charge is 0.164 e. The largest absolute Gasteiger partial charge is 0.294 e. The Hall–Kier alpha value is -0.240.